The average Bonchev–Trinajstić information content (AvgIpc) is 2.65. The van der Waals surface area contributed by atoms with E-state index in [2.05, 4.69) is 15.3 Å². The molecule has 0 aliphatic rings. The lowest BCUT2D eigenvalue weighted by Gasteiger charge is -2.27. The van der Waals surface area contributed by atoms with Crippen LogP contribution in [-0.4, -0.2) is 32.5 Å². The number of carbonyl (C=O) groups excluding carboxylic acids is 1. The standard InChI is InChI=1S/C19H29N5O3/c1-6-19(20,7-2)10-21-16(25)12-9-13(11(4)5)22-15-14(12)17(26)23-18(27)24(15)8-3/h9,11H,6-8,10,20H2,1-5H3,(H,21,25)(H,23,26,27). The van der Waals surface area contributed by atoms with Crippen LogP contribution >= 0.6 is 0 Å². The van der Waals surface area contributed by atoms with E-state index in [1.807, 2.05) is 27.7 Å². The van der Waals surface area contributed by atoms with E-state index in [-0.39, 0.29) is 22.5 Å². The molecule has 2 heterocycles. The molecule has 8 nitrogen and oxygen atoms in total. The van der Waals surface area contributed by atoms with Crippen LogP contribution in [0.15, 0.2) is 15.7 Å². The summed E-state index contributed by atoms with van der Waals surface area (Å²) in [5, 5.41) is 2.97. The Labute approximate surface area is 158 Å². The smallest absolute Gasteiger partial charge is 0.329 e. The van der Waals surface area contributed by atoms with E-state index in [9.17, 15) is 14.4 Å². The molecular weight excluding hydrogens is 346 g/mol. The zero-order valence-electron chi connectivity index (χ0n) is 16.7. The van der Waals surface area contributed by atoms with Gasteiger partial charge in [-0.3, -0.25) is 19.1 Å². The van der Waals surface area contributed by atoms with Crippen LogP contribution in [-0.2, 0) is 6.54 Å². The molecule has 2 aromatic heterocycles. The van der Waals surface area contributed by atoms with E-state index in [0.717, 1.165) is 0 Å². The van der Waals surface area contributed by atoms with E-state index in [1.165, 1.54) is 4.57 Å². The van der Waals surface area contributed by atoms with Crippen molar-refractivity contribution in [3.8, 4) is 0 Å². The fraction of sp³-hybridized carbons (Fsp3) is 0.579. The third-order valence-corrected chi connectivity index (χ3v) is 5.13. The molecule has 0 aromatic carbocycles. The van der Waals surface area contributed by atoms with Crippen LogP contribution in [0, 0.1) is 0 Å². The number of aromatic amines is 1. The normalized spacial score (nSPS) is 12.0. The van der Waals surface area contributed by atoms with Gasteiger partial charge in [0, 0.05) is 24.3 Å². The molecular formula is C19H29N5O3. The lowest BCUT2D eigenvalue weighted by Crippen LogP contribution is -2.49. The third-order valence-electron chi connectivity index (χ3n) is 5.13. The zero-order valence-corrected chi connectivity index (χ0v) is 16.7. The number of rotatable bonds is 7. The Morgan fingerprint density at radius 2 is 1.93 bits per heavy atom. The van der Waals surface area contributed by atoms with Crippen LogP contribution in [0.1, 0.15) is 69.4 Å². The Balaban J connectivity index is 2.66. The molecule has 0 aliphatic heterocycles. The van der Waals surface area contributed by atoms with Crippen LogP contribution < -0.4 is 22.3 Å². The van der Waals surface area contributed by atoms with E-state index < -0.39 is 22.7 Å². The molecule has 0 spiro atoms. The van der Waals surface area contributed by atoms with Crippen LogP contribution in [0.4, 0.5) is 0 Å². The maximum Gasteiger partial charge on any atom is 0.329 e. The number of pyridine rings is 1. The number of carbonyl (C=O) groups is 1. The predicted molar refractivity (Wildman–Crippen MR) is 106 cm³/mol. The van der Waals surface area contributed by atoms with E-state index >= 15 is 0 Å². The highest BCUT2D eigenvalue weighted by molar-refractivity contribution is 6.05. The number of aromatic nitrogens is 3. The van der Waals surface area contributed by atoms with Crippen LogP contribution in [0.3, 0.4) is 0 Å². The molecule has 2 rings (SSSR count). The van der Waals surface area contributed by atoms with Gasteiger partial charge in [-0.2, -0.15) is 0 Å². The summed E-state index contributed by atoms with van der Waals surface area (Å²) in [7, 11) is 0. The number of fused-ring (bicyclic) bond motifs is 1. The summed E-state index contributed by atoms with van der Waals surface area (Å²) in [5.41, 5.74) is 5.70. The Morgan fingerprint density at radius 3 is 2.44 bits per heavy atom. The average molecular weight is 375 g/mol. The largest absolute Gasteiger partial charge is 0.350 e. The van der Waals surface area contributed by atoms with E-state index in [1.54, 1.807) is 13.0 Å². The van der Waals surface area contributed by atoms with Gasteiger partial charge in [0.2, 0.25) is 0 Å². The fourth-order valence-electron chi connectivity index (χ4n) is 2.91. The molecule has 0 bridgehead atoms. The first kappa shape index (κ1) is 20.8. The number of nitrogens with zero attached hydrogens (tertiary/aromatic N) is 2. The molecule has 0 aliphatic carbocycles. The van der Waals surface area contributed by atoms with Crippen molar-refractivity contribution < 1.29 is 4.79 Å². The molecule has 27 heavy (non-hydrogen) atoms. The molecule has 0 fully saturated rings. The first-order valence-corrected chi connectivity index (χ1v) is 9.42. The van der Waals surface area contributed by atoms with E-state index in [4.69, 9.17) is 5.73 Å². The second kappa shape index (κ2) is 8.04. The molecule has 148 valence electrons. The molecule has 1 amide bonds. The highest BCUT2D eigenvalue weighted by Gasteiger charge is 2.24. The van der Waals surface area contributed by atoms with Crippen molar-refractivity contribution in [2.45, 2.75) is 65.5 Å². The Kier molecular flexibility index (Phi) is 6.20. The van der Waals surface area contributed by atoms with Crippen molar-refractivity contribution in [1.29, 1.82) is 0 Å². The maximum atomic E-state index is 12.9. The van der Waals surface area contributed by atoms with Gasteiger partial charge >= 0.3 is 5.69 Å². The van der Waals surface area contributed by atoms with Crippen molar-refractivity contribution >= 4 is 16.9 Å². The first-order valence-electron chi connectivity index (χ1n) is 9.42. The topological polar surface area (TPSA) is 123 Å². The number of hydrogen-bond acceptors (Lipinski definition) is 5. The molecule has 0 radical (unpaired) electrons. The Hall–Kier alpha value is -2.48. The van der Waals surface area contributed by atoms with Crippen molar-refractivity contribution in [2.75, 3.05) is 6.54 Å². The van der Waals surface area contributed by atoms with Gasteiger partial charge in [-0.1, -0.05) is 27.7 Å². The summed E-state index contributed by atoms with van der Waals surface area (Å²) in [6.07, 6.45) is 1.43. The molecule has 2 aromatic rings. The molecule has 0 saturated heterocycles. The summed E-state index contributed by atoms with van der Waals surface area (Å²) in [4.78, 5) is 44.3. The zero-order chi connectivity index (χ0) is 20.4. The van der Waals surface area contributed by atoms with Gasteiger partial charge in [0.05, 0.1) is 10.9 Å². The third kappa shape index (κ3) is 4.10. The minimum absolute atomic E-state index is 0.0283. The van der Waals surface area contributed by atoms with Crippen LogP contribution in [0.25, 0.3) is 11.0 Å². The number of H-pyrrole nitrogens is 1. The second-order valence-corrected chi connectivity index (χ2v) is 7.20. The van der Waals surface area contributed by atoms with Crippen molar-refractivity contribution in [1.82, 2.24) is 19.9 Å². The summed E-state index contributed by atoms with van der Waals surface area (Å²) >= 11 is 0. The van der Waals surface area contributed by atoms with Crippen LogP contribution in [0.2, 0.25) is 0 Å². The predicted octanol–water partition coefficient (Wildman–Crippen LogP) is 1.48. The monoisotopic (exact) mass is 375 g/mol. The van der Waals surface area contributed by atoms with Gasteiger partial charge < -0.3 is 11.1 Å². The number of amides is 1. The number of aryl methyl sites for hydroxylation is 1. The van der Waals surface area contributed by atoms with Gasteiger partial charge in [0.1, 0.15) is 0 Å². The molecule has 8 heteroatoms. The SMILES string of the molecule is CCn1c(=O)[nH]c(=O)c2c(C(=O)NCC(N)(CC)CC)cc(C(C)C)nc21. The van der Waals surface area contributed by atoms with Crippen LogP contribution in [0.5, 0.6) is 0 Å². The van der Waals surface area contributed by atoms with Crippen molar-refractivity contribution in [3.05, 3.63) is 38.2 Å². The lowest BCUT2D eigenvalue weighted by molar-refractivity contribution is 0.0943. The molecule has 0 saturated carbocycles. The number of hydrogen-bond donors (Lipinski definition) is 3. The highest BCUT2D eigenvalue weighted by atomic mass is 16.2. The lowest BCUT2D eigenvalue weighted by atomic mass is 9.94. The van der Waals surface area contributed by atoms with Gasteiger partial charge in [-0.15, -0.1) is 0 Å². The number of nitrogens with two attached hydrogens (primary N) is 1. The quantitative estimate of drug-likeness (QED) is 0.676. The van der Waals surface area contributed by atoms with Gasteiger partial charge in [-0.05, 0) is 31.7 Å². The fourth-order valence-corrected chi connectivity index (χ4v) is 2.91. The second-order valence-electron chi connectivity index (χ2n) is 7.20. The minimum Gasteiger partial charge on any atom is -0.350 e. The van der Waals surface area contributed by atoms with E-state index in [0.29, 0.717) is 31.6 Å². The molecule has 0 atom stereocenters. The molecule has 4 N–H and O–H groups in total. The Morgan fingerprint density at radius 1 is 1.30 bits per heavy atom. The summed E-state index contributed by atoms with van der Waals surface area (Å²) in [6, 6.07) is 1.62. The van der Waals surface area contributed by atoms with Crippen molar-refractivity contribution in [3.63, 3.8) is 0 Å². The number of nitrogens with one attached hydrogen (secondary N) is 2. The van der Waals surface area contributed by atoms with Crippen molar-refractivity contribution in [2.24, 2.45) is 5.73 Å². The van der Waals surface area contributed by atoms with Gasteiger partial charge in [0.15, 0.2) is 5.65 Å². The summed E-state index contributed by atoms with van der Waals surface area (Å²) < 4.78 is 1.37. The van der Waals surface area contributed by atoms with Gasteiger partial charge in [0.25, 0.3) is 11.5 Å². The minimum atomic E-state index is -0.613. The first-order chi connectivity index (χ1) is 12.7. The highest BCUT2D eigenvalue weighted by Crippen LogP contribution is 2.20. The maximum absolute atomic E-state index is 12.9. The Bertz CT molecular complexity index is 954. The summed E-state index contributed by atoms with van der Waals surface area (Å²) in [6.45, 7) is 10.2. The summed E-state index contributed by atoms with van der Waals surface area (Å²) in [5.74, 6) is -0.367. The molecule has 0 unspecified atom stereocenters. The van der Waals surface area contributed by atoms with Gasteiger partial charge in [-0.25, -0.2) is 9.78 Å².